The minimum Gasteiger partial charge on any atom is -0.395 e. The molecule has 0 aliphatic carbocycles. The first-order valence-corrected chi connectivity index (χ1v) is 14.0. The number of fused-ring (bicyclic) bond motifs is 1. The summed E-state index contributed by atoms with van der Waals surface area (Å²) < 4.78 is 29.8. The van der Waals surface area contributed by atoms with Crippen LogP contribution in [0, 0.1) is 0 Å². The first-order valence-electron chi connectivity index (χ1n) is 11.6. The van der Waals surface area contributed by atoms with Gasteiger partial charge in [0, 0.05) is 44.5 Å². The maximum absolute atomic E-state index is 12.7. The summed E-state index contributed by atoms with van der Waals surface area (Å²) in [6.07, 6.45) is 9.69. The molecule has 2 unspecified atom stereocenters. The summed E-state index contributed by atoms with van der Waals surface area (Å²) in [5, 5.41) is 20.0. The molecule has 11 nitrogen and oxygen atoms in total. The molecule has 5 heterocycles. The molecule has 13 heteroatoms. The average molecular weight is 519 g/mol. The fourth-order valence-corrected chi connectivity index (χ4v) is 7.61. The number of aryl methyl sites for hydroxylation is 1. The van der Waals surface area contributed by atoms with E-state index in [1.54, 1.807) is 4.68 Å². The monoisotopic (exact) mass is 518 g/mol. The summed E-state index contributed by atoms with van der Waals surface area (Å²) in [5.41, 5.74) is 3.98. The number of aromatic nitrogens is 2. The third kappa shape index (κ3) is 4.96. The van der Waals surface area contributed by atoms with Gasteiger partial charge in [-0.1, -0.05) is 17.8 Å². The molecule has 4 aliphatic heterocycles. The van der Waals surface area contributed by atoms with Gasteiger partial charge >= 0.3 is 0 Å². The predicted octanol–water partition coefficient (Wildman–Crippen LogP) is 0.544. The van der Waals surface area contributed by atoms with Crippen molar-refractivity contribution in [3.8, 4) is 0 Å². The van der Waals surface area contributed by atoms with Gasteiger partial charge in [-0.3, -0.25) is 14.7 Å². The zero-order valence-corrected chi connectivity index (χ0v) is 21.4. The quantitative estimate of drug-likeness (QED) is 0.411. The number of thioether (sulfide) groups is 1. The minimum atomic E-state index is -3.67. The number of sulfonamides is 1. The second kappa shape index (κ2) is 9.90. The smallest absolute Gasteiger partial charge is 0.246 e. The normalized spacial score (nSPS) is 26.0. The lowest BCUT2D eigenvalue weighted by Gasteiger charge is -2.32. The van der Waals surface area contributed by atoms with Crippen molar-refractivity contribution in [1.82, 2.24) is 30.0 Å². The van der Waals surface area contributed by atoms with Gasteiger partial charge in [0.05, 0.1) is 31.1 Å². The molecule has 0 bridgehead atoms. The van der Waals surface area contributed by atoms with Crippen molar-refractivity contribution in [2.24, 2.45) is 17.0 Å². The van der Waals surface area contributed by atoms with E-state index in [-0.39, 0.29) is 28.8 Å². The molecule has 188 valence electrons. The van der Waals surface area contributed by atoms with Crippen molar-refractivity contribution in [3.63, 3.8) is 0 Å². The molecule has 4 N–H and O–H groups in total. The Morgan fingerprint density at radius 3 is 2.97 bits per heavy atom. The van der Waals surface area contributed by atoms with Gasteiger partial charge in [0.2, 0.25) is 10.0 Å². The molecule has 0 radical (unpaired) electrons. The van der Waals surface area contributed by atoms with Crippen LogP contribution >= 0.6 is 11.8 Å². The summed E-state index contributed by atoms with van der Waals surface area (Å²) in [4.78, 5) is 11.9. The first kappa shape index (κ1) is 24.3. The van der Waals surface area contributed by atoms with Crippen molar-refractivity contribution in [2.75, 3.05) is 32.8 Å². The number of rotatable bonds is 7. The van der Waals surface area contributed by atoms with Crippen LogP contribution in [-0.2, 0) is 17.1 Å². The van der Waals surface area contributed by atoms with E-state index in [1.165, 1.54) is 17.3 Å². The molecule has 35 heavy (non-hydrogen) atoms. The van der Waals surface area contributed by atoms with Crippen LogP contribution in [0.4, 0.5) is 0 Å². The number of hydrogen-bond acceptors (Lipinski definition) is 9. The van der Waals surface area contributed by atoms with E-state index in [0.717, 1.165) is 42.2 Å². The fourth-order valence-electron chi connectivity index (χ4n) is 4.54. The largest absolute Gasteiger partial charge is 0.395 e. The maximum Gasteiger partial charge on any atom is 0.246 e. The van der Waals surface area contributed by atoms with Gasteiger partial charge < -0.3 is 20.6 Å². The average Bonchev–Trinajstić information content (AvgIpc) is 3.56. The highest BCUT2D eigenvalue weighted by Gasteiger charge is 2.37. The maximum atomic E-state index is 12.7. The van der Waals surface area contributed by atoms with E-state index in [1.807, 2.05) is 26.4 Å². The van der Waals surface area contributed by atoms with E-state index in [9.17, 15) is 8.42 Å². The van der Waals surface area contributed by atoms with Crippen LogP contribution in [0.15, 0.2) is 55.7 Å². The van der Waals surface area contributed by atoms with E-state index in [0.29, 0.717) is 18.8 Å². The molecular formula is C22H30N8O3S2. The molecule has 0 saturated carbocycles. The Hall–Kier alpha value is -2.45. The first-order chi connectivity index (χ1) is 16.9. The topological polar surface area (TPSA) is 136 Å². The highest BCUT2D eigenvalue weighted by atomic mass is 32.3. The SMILES string of the molecule is CC1=C(S(=O)(=O)NCCO)SC(/N=C2\NC(C3=CCCNC3)=CN3C2=NCC3c2cnn(C)c2)C1. The molecule has 1 aromatic heterocycles. The zero-order valence-electron chi connectivity index (χ0n) is 19.7. The predicted molar refractivity (Wildman–Crippen MR) is 137 cm³/mol. The molecule has 0 spiro atoms. The highest BCUT2D eigenvalue weighted by molar-refractivity contribution is 8.18. The Morgan fingerprint density at radius 2 is 2.26 bits per heavy atom. The Kier molecular flexibility index (Phi) is 6.86. The van der Waals surface area contributed by atoms with Gasteiger partial charge in [0.25, 0.3) is 0 Å². The standard InChI is InChI=1S/C22H30N8O3S2/c1-14-8-19(34-22(14)35(32,33)26-6-7-31)28-20-21-24-11-18(16-10-25-29(2)12-16)30(21)13-17(27-20)15-4-3-5-23-9-15/h4,10,12-13,18-19,23,26,31H,3,5-9,11H2,1-2H3,(H,27,28). The van der Waals surface area contributed by atoms with Crippen molar-refractivity contribution in [1.29, 1.82) is 0 Å². The second-order valence-corrected chi connectivity index (χ2v) is 12.0. The lowest BCUT2D eigenvalue weighted by Crippen LogP contribution is -2.46. The number of nitrogens with one attached hydrogen (secondary N) is 3. The molecular weight excluding hydrogens is 488 g/mol. The highest BCUT2D eigenvalue weighted by Crippen LogP contribution is 2.41. The third-order valence-electron chi connectivity index (χ3n) is 6.20. The van der Waals surface area contributed by atoms with Gasteiger partial charge in [0.1, 0.15) is 9.61 Å². The van der Waals surface area contributed by atoms with Crippen LogP contribution < -0.4 is 15.4 Å². The van der Waals surface area contributed by atoms with Crippen molar-refractivity contribution < 1.29 is 13.5 Å². The van der Waals surface area contributed by atoms with E-state index >= 15 is 0 Å². The van der Waals surface area contributed by atoms with E-state index in [2.05, 4.69) is 37.6 Å². The number of aliphatic hydroxyl groups excluding tert-OH is 1. The van der Waals surface area contributed by atoms with Crippen LogP contribution in [0.5, 0.6) is 0 Å². The van der Waals surface area contributed by atoms with Crippen molar-refractivity contribution in [2.45, 2.75) is 31.2 Å². The van der Waals surface area contributed by atoms with E-state index in [4.69, 9.17) is 15.1 Å². The van der Waals surface area contributed by atoms with Crippen LogP contribution in [-0.4, -0.2) is 78.0 Å². The van der Waals surface area contributed by atoms with Crippen LogP contribution in [0.3, 0.4) is 0 Å². The molecule has 0 amide bonds. The van der Waals surface area contributed by atoms with Gasteiger partial charge in [-0.05, 0) is 31.0 Å². The Labute approximate surface area is 209 Å². The lowest BCUT2D eigenvalue weighted by molar-refractivity contribution is 0.301. The zero-order chi connectivity index (χ0) is 24.6. The molecule has 0 aromatic carbocycles. The minimum absolute atomic E-state index is 0.0147. The van der Waals surface area contributed by atoms with Crippen molar-refractivity contribution >= 4 is 33.5 Å². The number of aliphatic hydroxyl groups is 1. The summed E-state index contributed by atoms with van der Waals surface area (Å²) in [7, 11) is -1.77. The van der Waals surface area contributed by atoms with Crippen molar-refractivity contribution in [3.05, 3.63) is 51.3 Å². The van der Waals surface area contributed by atoms with Gasteiger partial charge in [-0.15, -0.1) is 0 Å². The molecule has 2 atom stereocenters. The molecule has 0 fully saturated rings. The number of hydrogen-bond donors (Lipinski definition) is 4. The van der Waals surface area contributed by atoms with E-state index < -0.39 is 10.0 Å². The molecule has 5 rings (SSSR count). The molecule has 0 saturated heterocycles. The van der Waals surface area contributed by atoms with Gasteiger partial charge in [0.15, 0.2) is 11.7 Å². The van der Waals surface area contributed by atoms with Gasteiger partial charge in [-0.2, -0.15) is 5.10 Å². The summed E-state index contributed by atoms with van der Waals surface area (Å²) in [6, 6.07) is 0.0212. The third-order valence-corrected chi connectivity index (χ3v) is 9.68. The second-order valence-electron chi connectivity index (χ2n) is 8.84. The summed E-state index contributed by atoms with van der Waals surface area (Å²) in [6.45, 7) is 3.86. The summed E-state index contributed by atoms with van der Waals surface area (Å²) >= 11 is 1.23. The Morgan fingerprint density at radius 1 is 1.40 bits per heavy atom. The Bertz CT molecular complexity index is 1260. The number of amidine groups is 2. The molecule has 4 aliphatic rings. The van der Waals surface area contributed by atoms with Crippen LogP contribution in [0.2, 0.25) is 0 Å². The Balaban J connectivity index is 1.43. The summed E-state index contributed by atoms with van der Waals surface area (Å²) in [5.74, 6) is 1.40. The lowest BCUT2D eigenvalue weighted by atomic mass is 10.1. The molecule has 1 aromatic rings. The van der Waals surface area contributed by atoms with Gasteiger partial charge in [-0.25, -0.2) is 13.1 Å². The fraction of sp³-hybridized carbons (Fsp3) is 0.500. The number of aliphatic imine (C=N–C) groups is 2. The van der Waals surface area contributed by atoms with Crippen LogP contribution in [0.25, 0.3) is 0 Å². The number of nitrogens with zero attached hydrogens (tertiary/aromatic N) is 5. The van der Waals surface area contributed by atoms with Crippen LogP contribution in [0.1, 0.15) is 31.4 Å².